The van der Waals surface area contributed by atoms with Gasteiger partial charge in [0.05, 0.1) is 29.3 Å². The molecule has 150 valence electrons. The summed E-state index contributed by atoms with van der Waals surface area (Å²) in [5, 5.41) is 26.7. The highest BCUT2D eigenvalue weighted by atomic mass is 127. The predicted molar refractivity (Wildman–Crippen MR) is 94.8 cm³/mol. The van der Waals surface area contributed by atoms with E-state index >= 15 is 0 Å². The third-order valence-corrected chi connectivity index (χ3v) is 4.95. The average Bonchev–Trinajstić information content (AvgIpc) is 3.11. The van der Waals surface area contributed by atoms with Gasteiger partial charge in [0.15, 0.2) is 6.10 Å². The summed E-state index contributed by atoms with van der Waals surface area (Å²) in [6.45, 7) is -0.0311. The number of imidazole rings is 1. The van der Waals surface area contributed by atoms with Crippen molar-refractivity contribution in [1.82, 2.24) is 9.97 Å². The van der Waals surface area contributed by atoms with Crippen molar-refractivity contribution in [3.63, 3.8) is 0 Å². The Morgan fingerprint density at radius 3 is 2.63 bits per heavy atom. The molecule has 1 saturated heterocycles. The number of alkyl halides is 3. The number of aliphatic hydroxyl groups excluding tert-OH is 2. The Balaban J connectivity index is 0.000000321. The maximum atomic E-state index is 10.6. The number of nitrogens with one attached hydrogen (secondary N) is 1. The molecule has 0 spiro atoms. The van der Waals surface area contributed by atoms with Crippen LogP contribution >= 0.6 is 34.2 Å². The van der Waals surface area contributed by atoms with Crippen LogP contribution in [0, 0.1) is 3.57 Å². The van der Waals surface area contributed by atoms with Gasteiger partial charge in [-0.3, -0.25) is 0 Å². The Morgan fingerprint density at radius 2 is 2.11 bits per heavy atom. The topological polar surface area (TPSA) is 125 Å². The number of ether oxygens (including phenoxy) is 2. The second-order valence-electron chi connectivity index (χ2n) is 5.33. The zero-order valence-electron chi connectivity index (χ0n) is 13.2. The third kappa shape index (κ3) is 5.57. The molecule has 0 saturated carbocycles. The van der Waals surface area contributed by atoms with E-state index in [-0.39, 0.29) is 13.2 Å². The monoisotopic (exact) mass is 524 g/mol. The summed E-state index contributed by atoms with van der Waals surface area (Å²) in [5.74, 6) is -2.76. The summed E-state index contributed by atoms with van der Waals surface area (Å²) in [5.41, 5.74) is 1.50. The summed E-state index contributed by atoms with van der Waals surface area (Å²) in [6.07, 6.45) is -7.13. The molecule has 3 rings (SSSR count). The van der Waals surface area contributed by atoms with Crippen molar-refractivity contribution in [1.29, 1.82) is 0 Å². The van der Waals surface area contributed by atoms with E-state index in [1.807, 2.05) is 6.07 Å². The van der Waals surface area contributed by atoms with Crippen LogP contribution in [0.3, 0.4) is 0 Å². The number of halogens is 5. The Morgan fingerprint density at radius 1 is 1.48 bits per heavy atom. The number of aliphatic hydroxyl groups is 2. The Hall–Kier alpha value is -1.35. The van der Waals surface area contributed by atoms with Gasteiger partial charge in [-0.2, -0.15) is 18.2 Å². The number of aliphatic carboxylic acids is 1. The quantitative estimate of drug-likeness (QED) is 0.453. The van der Waals surface area contributed by atoms with Crippen molar-refractivity contribution in [3.05, 3.63) is 20.7 Å². The maximum absolute atomic E-state index is 10.6. The molecule has 0 amide bonds. The number of rotatable bonds is 3. The number of nitrogens with zero attached hydrogens (tertiary/aromatic N) is 1. The molecule has 3 atom stereocenters. The van der Waals surface area contributed by atoms with Crippen molar-refractivity contribution in [2.45, 2.75) is 24.5 Å². The molecule has 1 aliphatic heterocycles. The molecule has 13 heteroatoms. The average molecular weight is 525 g/mol. The number of aromatic nitrogens is 2. The number of carboxylic acids is 1. The molecule has 8 nitrogen and oxygen atoms in total. The lowest BCUT2D eigenvalue weighted by Gasteiger charge is -2.15. The van der Waals surface area contributed by atoms with Crippen LogP contribution < -0.4 is 4.74 Å². The number of fused-ring (bicyclic) bond motifs is 1. The van der Waals surface area contributed by atoms with Gasteiger partial charge in [0.1, 0.15) is 12.2 Å². The number of hydrogen-bond acceptors (Lipinski definition) is 6. The Bertz CT molecular complexity index is 779. The minimum absolute atomic E-state index is 0.210. The standard InChI is InChI=1S/C12H12ClIN2O4.C2HF3O2/c13-5-1-7-8(2-6(5)14)16-12(15-7)20-10-4-19-9(3-17)11(10)18;3-2(4,5)1(6)7/h1-2,9-11,17-18H,3-4H2,(H,15,16);(H,6,7)/t9-,10-,11-;/m1./s1. The van der Waals surface area contributed by atoms with Gasteiger partial charge in [-0.05, 0) is 34.7 Å². The molecule has 1 fully saturated rings. The number of H-pyrrole nitrogens is 1. The van der Waals surface area contributed by atoms with Gasteiger partial charge in [0, 0.05) is 3.57 Å². The molecule has 0 aliphatic carbocycles. The summed E-state index contributed by atoms with van der Waals surface area (Å²) in [6, 6.07) is 3.92. The van der Waals surface area contributed by atoms with Crippen LogP contribution in [0.4, 0.5) is 13.2 Å². The van der Waals surface area contributed by atoms with Crippen LogP contribution in [0.5, 0.6) is 6.01 Å². The SMILES string of the molecule is O=C(O)C(F)(F)F.OC[C@H]1OC[C@@H](Oc2nc3cc(I)c(Cl)cc3[nH]2)[C@@H]1O. The molecule has 2 heterocycles. The number of hydrogen-bond donors (Lipinski definition) is 4. The molecule has 4 N–H and O–H groups in total. The first-order valence-electron chi connectivity index (χ1n) is 7.25. The van der Waals surface area contributed by atoms with Crippen molar-refractivity contribution in [2.75, 3.05) is 13.2 Å². The molecule has 2 aromatic rings. The van der Waals surface area contributed by atoms with E-state index in [0.29, 0.717) is 11.0 Å². The van der Waals surface area contributed by atoms with Gasteiger partial charge in [-0.25, -0.2) is 4.79 Å². The normalized spacial score (nSPS) is 22.4. The van der Waals surface area contributed by atoms with Gasteiger partial charge in [-0.1, -0.05) is 11.6 Å². The molecule has 0 unspecified atom stereocenters. The molecule has 1 aromatic carbocycles. The molecule has 0 bridgehead atoms. The van der Waals surface area contributed by atoms with Gasteiger partial charge < -0.3 is 29.8 Å². The van der Waals surface area contributed by atoms with Gasteiger partial charge in [-0.15, -0.1) is 0 Å². The van der Waals surface area contributed by atoms with E-state index in [2.05, 4.69) is 32.6 Å². The van der Waals surface area contributed by atoms with E-state index in [9.17, 15) is 18.3 Å². The van der Waals surface area contributed by atoms with Gasteiger partial charge in [0.25, 0.3) is 6.01 Å². The second kappa shape index (κ2) is 8.77. The maximum Gasteiger partial charge on any atom is 0.490 e. The van der Waals surface area contributed by atoms with E-state index in [4.69, 9.17) is 36.1 Å². The van der Waals surface area contributed by atoms with Crippen molar-refractivity contribution >= 4 is 51.2 Å². The van der Waals surface area contributed by atoms with Crippen molar-refractivity contribution in [2.24, 2.45) is 0 Å². The van der Waals surface area contributed by atoms with Crippen LogP contribution in [0.1, 0.15) is 0 Å². The van der Waals surface area contributed by atoms with Crippen LogP contribution in [-0.2, 0) is 9.53 Å². The number of benzene rings is 1. The minimum Gasteiger partial charge on any atom is -0.475 e. The molecule has 0 radical (unpaired) electrons. The second-order valence-corrected chi connectivity index (χ2v) is 6.90. The number of carboxylic acid groups (broad SMARTS) is 1. The summed E-state index contributed by atoms with van der Waals surface area (Å²) >= 11 is 8.17. The zero-order valence-corrected chi connectivity index (χ0v) is 16.1. The van der Waals surface area contributed by atoms with Crippen LogP contribution in [0.2, 0.25) is 5.02 Å². The van der Waals surface area contributed by atoms with Crippen molar-refractivity contribution < 1.29 is 42.8 Å². The molecule has 1 aliphatic rings. The first-order chi connectivity index (χ1) is 12.5. The molecular formula is C14H13ClF3IN2O6. The predicted octanol–water partition coefficient (Wildman–Crippen LogP) is 1.95. The van der Waals surface area contributed by atoms with Crippen LogP contribution in [0.15, 0.2) is 12.1 Å². The highest BCUT2D eigenvalue weighted by Gasteiger charge is 2.38. The largest absolute Gasteiger partial charge is 0.490 e. The summed E-state index contributed by atoms with van der Waals surface area (Å²) in [4.78, 5) is 16.2. The number of aromatic amines is 1. The third-order valence-electron chi connectivity index (χ3n) is 3.42. The van der Waals surface area contributed by atoms with E-state index in [1.165, 1.54) is 0 Å². The van der Waals surface area contributed by atoms with Crippen LogP contribution in [-0.4, -0.2) is 69.0 Å². The smallest absolute Gasteiger partial charge is 0.475 e. The van der Waals surface area contributed by atoms with E-state index in [0.717, 1.165) is 14.6 Å². The van der Waals surface area contributed by atoms with Gasteiger partial charge in [0.2, 0.25) is 0 Å². The van der Waals surface area contributed by atoms with E-state index in [1.54, 1.807) is 6.07 Å². The first kappa shape index (κ1) is 21.9. The highest BCUT2D eigenvalue weighted by molar-refractivity contribution is 14.1. The lowest BCUT2D eigenvalue weighted by atomic mass is 10.1. The van der Waals surface area contributed by atoms with Crippen LogP contribution in [0.25, 0.3) is 11.0 Å². The summed E-state index contributed by atoms with van der Waals surface area (Å²) in [7, 11) is 0. The molecule has 1 aromatic heterocycles. The Labute approximate surface area is 168 Å². The lowest BCUT2D eigenvalue weighted by molar-refractivity contribution is -0.192. The highest BCUT2D eigenvalue weighted by Crippen LogP contribution is 2.27. The minimum atomic E-state index is -5.08. The first-order valence-corrected chi connectivity index (χ1v) is 8.70. The number of carbonyl (C=O) groups is 1. The summed E-state index contributed by atoms with van der Waals surface area (Å²) < 4.78 is 43.4. The molecular weight excluding hydrogens is 512 g/mol. The van der Waals surface area contributed by atoms with E-state index < -0.39 is 30.5 Å². The van der Waals surface area contributed by atoms with Crippen molar-refractivity contribution in [3.8, 4) is 6.01 Å². The van der Waals surface area contributed by atoms with Gasteiger partial charge >= 0.3 is 12.1 Å². The fourth-order valence-corrected chi connectivity index (χ4v) is 2.71. The lowest BCUT2D eigenvalue weighted by Crippen LogP contribution is -2.36. The Kier molecular flexibility index (Phi) is 7.13. The fourth-order valence-electron chi connectivity index (χ4n) is 2.10. The zero-order chi connectivity index (χ0) is 20.4. The molecule has 27 heavy (non-hydrogen) atoms. The fraction of sp³-hybridized carbons (Fsp3) is 0.429.